The molecule has 0 saturated carbocycles. The second-order valence-corrected chi connectivity index (χ2v) is 5.59. The Morgan fingerprint density at radius 3 is 2.85 bits per heavy atom. The average molecular weight is 275 g/mol. The van der Waals surface area contributed by atoms with Crippen molar-refractivity contribution in [3.05, 3.63) is 36.1 Å². The van der Waals surface area contributed by atoms with Crippen LogP contribution in [0.2, 0.25) is 0 Å². The molecule has 0 aliphatic heterocycles. The van der Waals surface area contributed by atoms with Crippen LogP contribution < -0.4 is 5.32 Å². The van der Waals surface area contributed by atoms with Crippen molar-refractivity contribution in [1.82, 2.24) is 5.32 Å². The zero-order chi connectivity index (χ0) is 14.5. The first kappa shape index (κ1) is 14.6. The van der Waals surface area contributed by atoms with Gasteiger partial charge in [-0.05, 0) is 36.1 Å². The number of carbonyl (C=O) groups is 1. The number of furan rings is 1. The summed E-state index contributed by atoms with van der Waals surface area (Å²) in [5, 5.41) is 13.5. The van der Waals surface area contributed by atoms with Crippen molar-refractivity contribution in [2.24, 2.45) is 11.8 Å². The summed E-state index contributed by atoms with van der Waals surface area (Å²) in [7, 11) is 0. The molecule has 2 rings (SSSR count). The quantitative estimate of drug-likeness (QED) is 0.814. The molecular weight excluding hydrogens is 254 g/mol. The zero-order valence-corrected chi connectivity index (χ0v) is 11.9. The Morgan fingerprint density at radius 1 is 1.35 bits per heavy atom. The van der Waals surface area contributed by atoms with Crippen LogP contribution in [0.3, 0.4) is 0 Å². The molecule has 0 amide bonds. The van der Waals surface area contributed by atoms with E-state index < -0.39 is 5.97 Å². The first-order chi connectivity index (χ1) is 9.56. The van der Waals surface area contributed by atoms with Gasteiger partial charge in [0.2, 0.25) is 0 Å². The van der Waals surface area contributed by atoms with Crippen LogP contribution in [-0.4, -0.2) is 17.6 Å². The second-order valence-electron chi connectivity index (χ2n) is 5.59. The van der Waals surface area contributed by atoms with Gasteiger partial charge in [-0.25, -0.2) is 0 Å². The second kappa shape index (κ2) is 6.57. The zero-order valence-electron chi connectivity index (χ0n) is 11.9. The predicted octanol–water partition coefficient (Wildman–Crippen LogP) is 3.27. The average Bonchev–Trinajstić information content (AvgIpc) is 2.84. The van der Waals surface area contributed by atoms with Crippen LogP contribution in [0.5, 0.6) is 0 Å². The third-order valence-electron chi connectivity index (χ3n) is 3.34. The molecule has 108 valence electrons. The van der Waals surface area contributed by atoms with Crippen LogP contribution >= 0.6 is 0 Å². The number of carboxylic acid groups (broad SMARTS) is 1. The van der Waals surface area contributed by atoms with Crippen molar-refractivity contribution in [2.75, 3.05) is 6.54 Å². The topological polar surface area (TPSA) is 62.5 Å². The molecule has 0 aliphatic carbocycles. The molecule has 0 fully saturated rings. The Bertz CT molecular complexity index is 574. The van der Waals surface area contributed by atoms with Gasteiger partial charge in [-0.1, -0.05) is 19.9 Å². The number of hydrogen-bond acceptors (Lipinski definition) is 3. The number of benzene rings is 1. The largest absolute Gasteiger partial charge is 0.481 e. The molecule has 4 nitrogen and oxygen atoms in total. The summed E-state index contributed by atoms with van der Waals surface area (Å²) in [6.07, 6.45) is 2.37. The molecular formula is C16H21NO3. The molecule has 1 heterocycles. The van der Waals surface area contributed by atoms with Gasteiger partial charge in [0, 0.05) is 18.5 Å². The van der Waals surface area contributed by atoms with E-state index in [1.54, 1.807) is 6.26 Å². The lowest BCUT2D eigenvalue weighted by Gasteiger charge is -2.15. The van der Waals surface area contributed by atoms with Gasteiger partial charge >= 0.3 is 5.97 Å². The van der Waals surface area contributed by atoms with Gasteiger partial charge < -0.3 is 14.8 Å². The van der Waals surface area contributed by atoms with Crippen molar-refractivity contribution in [3.8, 4) is 0 Å². The number of fused-ring (bicyclic) bond motifs is 1. The number of rotatable bonds is 7. The molecule has 0 bridgehead atoms. The summed E-state index contributed by atoms with van der Waals surface area (Å²) in [5.74, 6) is -0.663. The molecule has 0 saturated heterocycles. The van der Waals surface area contributed by atoms with E-state index >= 15 is 0 Å². The summed E-state index contributed by atoms with van der Waals surface area (Å²) in [6.45, 7) is 5.26. The van der Waals surface area contributed by atoms with Crippen LogP contribution in [0.1, 0.15) is 25.8 Å². The van der Waals surface area contributed by atoms with Gasteiger partial charge in [-0.3, -0.25) is 4.79 Å². The molecule has 0 spiro atoms. The van der Waals surface area contributed by atoms with Crippen LogP contribution in [-0.2, 0) is 11.3 Å². The van der Waals surface area contributed by atoms with Crippen molar-refractivity contribution in [2.45, 2.75) is 26.8 Å². The lowest BCUT2D eigenvalue weighted by molar-refractivity contribution is -0.142. The van der Waals surface area contributed by atoms with Gasteiger partial charge in [-0.15, -0.1) is 0 Å². The highest BCUT2D eigenvalue weighted by Crippen LogP contribution is 2.17. The molecule has 4 heteroatoms. The third kappa shape index (κ3) is 3.84. The summed E-state index contributed by atoms with van der Waals surface area (Å²) in [6, 6.07) is 7.92. The highest BCUT2D eigenvalue weighted by Gasteiger charge is 2.18. The monoisotopic (exact) mass is 275 g/mol. The number of hydrogen-bond donors (Lipinski definition) is 2. The van der Waals surface area contributed by atoms with Crippen molar-refractivity contribution >= 4 is 16.9 Å². The maximum Gasteiger partial charge on any atom is 0.307 e. The molecule has 2 N–H and O–H groups in total. The van der Waals surface area contributed by atoms with E-state index in [-0.39, 0.29) is 5.92 Å². The fourth-order valence-electron chi connectivity index (χ4n) is 2.36. The van der Waals surface area contributed by atoms with Crippen LogP contribution in [0.15, 0.2) is 34.9 Å². The summed E-state index contributed by atoms with van der Waals surface area (Å²) >= 11 is 0. The van der Waals surface area contributed by atoms with E-state index in [1.807, 2.05) is 32.0 Å². The van der Waals surface area contributed by atoms with E-state index in [2.05, 4.69) is 11.4 Å². The SMILES string of the molecule is CC(C)CC(CNCc1ccc2occc2c1)C(=O)O. The smallest absolute Gasteiger partial charge is 0.307 e. The minimum atomic E-state index is -0.725. The Hall–Kier alpha value is -1.81. The van der Waals surface area contributed by atoms with Crippen LogP contribution in [0.4, 0.5) is 0 Å². The van der Waals surface area contributed by atoms with E-state index in [1.165, 1.54) is 0 Å². The maximum absolute atomic E-state index is 11.2. The van der Waals surface area contributed by atoms with Crippen LogP contribution in [0.25, 0.3) is 11.0 Å². The molecule has 0 radical (unpaired) electrons. The Balaban J connectivity index is 1.89. The number of carboxylic acids is 1. The lowest BCUT2D eigenvalue weighted by atomic mass is 9.97. The van der Waals surface area contributed by atoms with Gasteiger partial charge in [0.25, 0.3) is 0 Å². The Morgan fingerprint density at radius 2 is 2.15 bits per heavy atom. The first-order valence-corrected chi connectivity index (χ1v) is 6.96. The van der Waals surface area contributed by atoms with Crippen LogP contribution in [0, 0.1) is 11.8 Å². The molecule has 1 aromatic carbocycles. The summed E-state index contributed by atoms with van der Waals surface area (Å²) < 4.78 is 5.29. The highest BCUT2D eigenvalue weighted by atomic mass is 16.4. The Labute approximate surface area is 118 Å². The van der Waals surface area contributed by atoms with E-state index in [0.29, 0.717) is 25.4 Å². The van der Waals surface area contributed by atoms with E-state index in [4.69, 9.17) is 4.42 Å². The number of nitrogens with one attached hydrogen (secondary N) is 1. The van der Waals surface area contributed by atoms with Crippen molar-refractivity contribution in [1.29, 1.82) is 0 Å². The highest BCUT2D eigenvalue weighted by molar-refractivity contribution is 5.77. The maximum atomic E-state index is 11.2. The molecule has 1 unspecified atom stereocenters. The minimum Gasteiger partial charge on any atom is -0.481 e. The predicted molar refractivity (Wildman–Crippen MR) is 78.5 cm³/mol. The fraction of sp³-hybridized carbons (Fsp3) is 0.438. The molecule has 0 aliphatic rings. The fourth-order valence-corrected chi connectivity index (χ4v) is 2.36. The van der Waals surface area contributed by atoms with Crippen molar-refractivity contribution < 1.29 is 14.3 Å². The third-order valence-corrected chi connectivity index (χ3v) is 3.34. The standard InChI is InChI=1S/C16H21NO3/c1-11(2)7-14(16(18)19)10-17-9-12-3-4-15-13(8-12)5-6-20-15/h3-6,8,11,14,17H,7,9-10H2,1-2H3,(H,18,19). The van der Waals surface area contributed by atoms with E-state index in [9.17, 15) is 9.90 Å². The summed E-state index contributed by atoms with van der Waals surface area (Å²) in [4.78, 5) is 11.2. The van der Waals surface area contributed by atoms with Gasteiger partial charge in [-0.2, -0.15) is 0 Å². The first-order valence-electron chi connectivity index (χ1n) is 6.96. The lowest BCUT2D eigenvalue weighted by Crippen LogP contribution is -2.29. The summed E-state index contributed by atoms with van der Waals surface area (Å²) in [5.41, 5.74) is 2.00. The van der Waals surface area contributed by atoms with E-state index in [0.717, 1.165) is 16.5 Å². The molecule has 1 aromatic heterocycles. The molecule has 1 atom stereocenters. The minimum absolute atomic E-state index is 0.326. The molecule has 2 aromatic rings. The van der Waals surface area contributed by atoms with Crippen molar-refractivity contribution in [3.63, 3.8) is 0 Å². The van der Waals surface area contributed by atoms with Gasteiger partial charge in [0.05, 0.1) is 12.2 Å². The number of aliphatic carboxylic acids is 1. The van der Waals surface area contributed by atoms with Gasteiger partial charge in [0.1, 0.15) is 5.58 Å². The van der Waals surface area contributed by atoms with Gasteiger partial charge in [0.15, 0.2) is 0 Å². The Kier molecular flexibility index (Phi) is 4.79. The normalized spacial score (nSPS) is 12.9. The molecule has 20 heavy (non-hydrogen) atoms.